The summed E-state index contributed by atoms with van der Waals surface area (Å²) in [6, 6.07) is 11.9. The lowest BCUT2D eigenvalue weighted by Crippen LogP contribution is -2.08. The van der Waals surface area contributed by atoms with Gasteiger partial charge < -0.3 is 0 Å². The summed E-state index contributed by atoms with van der Waals surface area (Å²) in [5.41, 5.74) is 5.51. The van der Waals surface area contributed by atoms with Crippen molar-refractivity contribution in [3.05, 3.63) is 64.5 Å². The van der Waals surface area contributed by atoms with E-state index in [1.54, 1.807) is 4.68 Å². The number of hydrogen-bond donors (Lipinski definition) is 0. The molecule has 0 bridgehead atoms. The second-order valence-electron chi connectivity index (χ2n) is 6.97. The van der Waals surface area contributed by atoms with Crippen molar-refractivity contribution in [2.45, 2.75) is 44.6 Å². The second-order valence-corrected chi connectivity index (χ2v) is 7.97. The molecule has 0 fully saturated rings. The molecule has 0 N–H and O–H groups in total. The maximum Gasteiger partial charge on any atom is 0.175 e. The molecule has 0 atom stereocenters. The number of benzene rings is 1. The van der Waals surface area contributed by atoms with Gasteiger partial charge in [0.1, 0.15) is 5.03 Å². The number of aromatic nitrogens is 4. The quantitative estimate of drug-likeness (QED) is 0.493. The monoisotopic (exact) mass is 378 g/mol. The molecule has 0 saturated heterocycles. The van der Waals surface area contributed by atoms with Crippen LogP contribution in [0.4, 0.5) is 0 Å². The molecule has 27 heavy (non-hydrogen) atoms. The standard InChI is InChI=1S/C21H22N4OS/c1-14-11-15(2)25(24-14)20-9-10-21(23-22-20)27-13-19(26)18-8-7-16-5-3-4-6-17(16)12-18/h7-12H,3-6,13H2,1-2H3. The van der Waals surface area contributed by atoms with Gasteiger partial charge in [0.15, 0.2) is 11.6 Å². The zero-order valence-corrected chi connectivity index (χ0v) is 16.4. The summed E-state index contributed by atoms with van der Waals surface area (Å²) >= 11 is 1.42. The van der Waals surface area contributed by atoms with E-state index in [9.17, 15) is 4.79 Å². The first-order valence-corrected chi connectivity index (χ1v) is 10.2. The Balaban J connectivity index is 1.41. The summed E-state index contributed by atoms with van der Waals surface area (Å²) in [5, 5.41) is 13.6. The summed E-state index contributed by atoms with van der Waals surface area (Å²) < 4.78 is 1.77. The first-order valence-electron chi connectivity index (χ1n) is 9.25. The van der Waals surface area contributed by atoms with Crippen LogP contribution in [0.25, 0.3) is 5.82 Å². The molecular formula is C21H22N4OS. The highest BCUT2D eigenvalue weighted by atomic mass is 32.2. The molecule has 0 radical (unpaired) electrons. The zero-order chi connectivity index (χ0) is 18.8. The number of ketones is 1. The number of rotatable bonds is 5. The molecule has 2 heterocycles. The van der Waals surface area contributed by atoms with Crippen molar-refractivity contribution in [2.24, 2.45) is 0 Å². The van der Waals surface area contributed by atoms with Gasteiger partial charge in [0.05, 0.1) is 11.4 Å². The molecule has 1 aliphatic carbocycles. The summed E-state index contributed by atoms with van der Waals surface area (Å²) in [5.74, 6) is 1.19. The highest BCUT2D eigenvalue weighted by Crippen LogP contribution is 2.24. The second kappa shape index (κ2) is 7.64. The molecule has 0 aliphatic heterocycles. The van der Waals surface area contributed by atoms with Crippen LogP contribution in [0.2, 0.25) is 0 Å². The average Bonchev–Trinajstić information content (AvgIpc) is 3.04. The molecule has 1 aliphatic rings. The number of Topliss-reactive ketones (excluding diaryl/α,β-unsaturated/α-hetero) is 1. The van der Waals surface area contributed by atoms with Crippen molar-refractivity contribution in [2.75, 3.05) is 5.75 Å². The Bertz CT molecular complexity index is 978. The highest BCUT2D eigenvalue weighted by Gasteiger charge is 2.14. The number of hydrogen-bond acceptors (Lipinski definition) is 5. The Morgan fingerprint density at radius 1 is 1.04 bits per heavy atom. The molecule has 0 saturated carbocycles. The molecule has 138 valence electrons. The van der Waals surface area contributed by atoms with Gasteiger partial charge in [0.2, 0.25) is 0 Å². The fourth-order valence-electron chi connectivity index (χ4n) is 3.49. The minimum absolute atomic E-state index is 0.137. The minimum Gasteiger partial charge on any atom is -0.293 e. The number of thioether (sulfide) groups is 1. The summed E-state index contributed by atoms with van der Waals surface area (Å²) in [4.78, 5) is 12.6. The Labute approximate surface area is 163 Å². The van der Waals surface area contributed by atoms with E-state index in [2.05, 4.69) is 27.4 Å². The summed E-state index contributed by atoms with van der Waals surface area (Å²) in [7, 11) is 0. The van der Waals surface area contributed by atoms with Gasteiger partial charge in [-0.15, -0.1) is 10.2 Å². The van der Waals surface area contributed by atoms with Gasteiger partial charge >= 0.3 is 0 Å². The average molecular weight is 379 g/mol. The van der Waals surface area contributed by atoms with E-state index >= 15 is 0 Å². The number of carbonyl (C=O) groups excluding carboxylic acids is 1. The SMILES string of the molecule is Cc1cc(C)n(-c2ccc(SCC(=O)c3ccc4c(c3)CCCC4)nn2)n1. The molecule has 3 aromatic rings. The van der Waals surface area contributed by atoms with E-state index in [4.69, 9.17) is 0 Å². The van der Waals surface area contributed by atoms with Crippen molar-refractivity contribution >= 4 is 17.5 Å². The fourth-order valence-corrected chi connectivity index (χ4v) is 4.20. The van der Waals surface area contributed by atoms with Gasteiger partial charge in [0.25, 0.3) is 0 Å². The van der Waals surface area contributed by atoms with Crippen LogP contribution in [0.1, 0.15) is 45.7 Å². The molecular weight excluding hydrogens is 356 g/mol. The predicted molar refractivity (Wildman–Crippen MR) is 107 cm³/mol. The maximum atomic E-state index is 12.6. The van der Waals surface area contributed by atoms with Gasteiger partial charge in [-0.25, -0.2) is 4.68 Å². The lowest BCUT2D eigenvalue weighted by atomic mass is 9.90. The third-order valence-electron chi connectivity index (χ3n) is 4.87. The van der Waals surface area contributed by atoms with Crippen molar-refractivity contribution in [1.82, 2.24) is 20.0 Å². The van der Waals surface area contributed by atoms with Crippen molar-refractivity contribution < 1.29 is 4.79 Å². The first kappa shape index (κ1) is 17.9. The van der Waals surface area contributed by atoms with Crippen LogP contribution in [0.15, 0.2) is 41.4 Å². The van der Waals surface area contributed by atoms with Crippen LogP contribution in [0, 0.1) is 13.8 Å². The van der Waals surface area contributed by atoms with E-state index in [0.29, 0.717) is 11.6 Å². The van der Waals surface area contributed by atoms with Gasteiger partial charge in [-0.3, -0.25) is 4.79 Å². The summed E-state index contributed by atoms with van der Waals surface area (Å²) in [6.45, 7) is 3.94. The van der Waals surface area contributed by atoms with Crippen LogP contribution in [0.5, 0.6) is 0 Å². The van der Waals surface area contributed by atoms with Gasteiger partial charge in [0, 0.05) is 11.3 Å². The van der Waals surface area contributed by atoms with Crippen molar-refractivity contribution in [3.63, 3.8) is 0 Å². The Morgan fingerprint density at radius 2 is 1.85 bits per heavy atom. The van der Waals surface area contributed by atoms with Crippen LogP contribution in [0.3, 0.4) is 0 Å². The van der Waals surface area contributed by atoms with E-state index in [1.165, 1.54) is 35.7 Å². The lowest BCUT2D eigenvalue weighted by Gasteiger charge is -2.16. The van der Waals surface area contributed by atoms with Crippen LogP contribution < -0.4 is 0 Å². The minimum atomic E-state index is 0.137. The normalized spacial score (nSPS) is 13.4. The number of nitrogens with zero attached hydrogens (tertiary/aromatic N) is 4. The van der Waals surface area contributed by atoms with Crippen LogP contribution >= 0.6 is 11.8 Å². The number of aryl methyl sites for hydroxylation is 4. The van der Waals surface area contributed by atoms with Gasteiger partial charge in [-0.1, -0.05) is 23.9 Å². The van der Waals surface area contributed by atoms with Crippen LogP contribution in [-0.4, -0.2) is 31.5 Å². The topological polar surface area (TPSA) is 60.7 Å². The maximum absolute atomic E-state index is 12.6. The largest absolute Gasteiger partial charge is 0.293 e. The third-order valence-corrected chi connectivity index (χ3v) is 5.79. The van der Waals surface area contributed by atoms with Crippen LogP contribution in [-0.2, 0) is 12.8 Å². The smallest absolute Gasteiger partial charge is 0.175 e. The molecule has 0 spiro atoms. The highest BCUT2D eigenvalue weighted by molar-refractivity contribution is 7.99. The first-order chi connectivity index (χ1) is 13.1. The molecule has 1 aromatic carbocycles. The molecule has 0 amide bonds. The Morgan fingerprint density at radius 3 is 2.56 bits per heavy atom. The van der Waals surface area contributed by atoms with E-state index in [0.717, 1.165) is 34.8 Å². The molecule has 0 unspecified atom stereocenters. The van der Waals surface area contributed by atoms with E-state index in [1.807, 2.05) is 38.1 Å². The zero-order valence-electron chi connectivity index (χ0n) is 15.6. The number of fused-ring (bicyclic) bond motifs is 1. The molecule has 6 heteroatoms. The number of carbonyl (C=O) groups is 1. The van der Waals surface area contributed by atoms with Crippen molar-refractivity contribution in [3.8, 4) is 5.82 Å². The van der Waals surface area contributed by atoms with Crippen molar-refractivity contribution in [1.29, 1.82) is 0 Å². The Kier molecular flexibility index (Phi) is 5.07. The summed E-state index contributed by atoms with van der Waals surface area (Å²) in [6.07, 6.45) is 4.69. The molecule has 5 nitrogen and oxygen atoms in total. The van der Waals surface area contributed by atoms with Gasteiger partial charge in [-0.2, -0.15) is 5.10 Å². The van der Waals surface area contributed by atoms with E-state index in [-0.39, 0.29) is 5.78 Å². The predicted octanol–water partition coefficient (Wildman–Crippen LogP) is 4.13. The lowest BCUT2D eigenvalue weighted by molar-refractivity contribution is 0.102. The fraction of sp³-hybridized carbons (Fsp3) is 0.333. The molecule has 2 aromatic heterocycles. The van der Waals surface area contributed by atoms with E-state index < -0.39 is 0 Å². The van der Waals surface area contributed by atoms with Gasteiger partial charge in [-0.05, 0) is 74.9 Å². The third kappa shape index (κ3) is 3.95. The molecule has 4 rings (SSSR count). The Hall–Kier alpha value is -2.47.